The van der Waals surface area contributed by atoms with Gasteiger partial charge in [-0.15, -0.1) is 0 Å². The largest absolute Gasteiger partial charge is 0.465 e. The number of carbonyl (C=O) groups is 2. The van der Waals surface area contributed by atoms with Crippen LogP contribution in [0.3, 0.4) is 0 Å². The molecule has 0 spiro atoms. The Bertz CT molecular complexity index is 197. The Morgan fingerprint density at radius 3 is 2.27 bits per heavy atom. The normalized spacial score (nSPS) is 19.0. The first-order chi connectivity index (χ1) is 5.10. The summed E-state index contributed by atoms with van der Waals surface area (Å²) in [5, 5.41) is 18.6. The first-order valence-corrected chi connectivity index (χ1v) is 3.26. The van der Waals surface area contributed by atoms with E-state index >= 15 is 0 Å². The van der Waals surface area contributed by atoms with Crippen molar-refractivity contribution < 1.29 is 19.8 Å². The third kappa shape index (κ3) is 1.48. The summed E-state index contributed by atoms with van der Waals surface area (Å²) in [4.78, 5) is 20.9. The molecular formula is C6H9NO4. The summed E-state index contributed by atoms with van der Waals surface area (Å²) in [5.74, 6) is -0.590. The van der Waals surface area contributed by atoms with Crippen molar-refractivity contribution in [1.29, 1.82) is 0 Å². The number of rotatable bonds is 2. The molecule has 0 bridgehead atoms. The highest BCUT2D eigenvalue weighted by Gasteiger charge is 2.49. The summed E-state index contributed by atoms with van der Waals surface area (Å²) in [7, 11) is 0. The van der Waals surface area contributed by atoms with Gasteiger partial charge >= 0.3 is 6.09 Å². The lowest BCUT2D eigenvalue weighted by Gasteiger charge is -2.07. The number of carbonyl (C=O) groups excluding carboxylic acids is 1. The van der Waals surface area contributed by atoms with Crippen molar-refractivity contribution >= 4 is 12.0 Å². The maximum atomic E-state index is 10.9. The molecule has 3 N–H and O–H groups in total. The van der Waals surface area contributed by atoms with Gasteiger partial charge in [-0.3, -0.25) is 10.1 Å². The molecule has 1 saturated carbocycles. The Morgan fingerprint density at radius 2 is 2.00 bits per heavy atom. The second-order valence-corrected chi connectivity index (χ2v) is 2.70. The minimum absolute atomic E-state index is 0.272. The molecule has 0 saturated heterocycles. The lowest BCUT2D eigenvalue weighted by atomic mass is 10.1. The van der Waals surface area contributed by atoms with E-state index in [1.54, 1.807) is 5.32 Å². The van der Waals surface area contributed by atoms with Gasteiger partial charge in [-0.25, -0.2) is 4.79 Å². The molecular weight excluding hydrogens is 150 g/mol. The third-order valence-electron chi connectivity index (χ3n) is 1.86. The van der Waals surface area contributed by atoms with E-state index in [4.69, 9.17) is 10.2 Å². The molecule has 0 atom stereocenters. The molecule has 2 amide bonds. The smallest absolute Gasteiger partial charge is 0.411 e. The molecule has 0 aromatic carbocycles. The van der Waals surface area contributed by atoms with Crippen LogP contribution in [-0.4, -0.2) is 28.8 Å². The van der Waals surface area contributed by atoms with Gasteiger partial charge in [0.15, 0.2) is 0 Å². The molecule has 1 aliphatic carbocycles. The number of amides is 2. The summed E-state index contributed by atoms with van der Waals surface area (Å²) in [6.07, 6.45) is -0.222. The number of aliphatic hydroxyl groups excluding tert-OH is 1. The van der Waals surface area contributed by atoms with Gasteiger partial charge in [-0.1, -0.05) is 0 Å². The quantitative estimate of drug-likeness (QED) is 0.509. The van der Waals surface area contributed by atoms with Crippen molar-refractivity contribution in [1.82, 2.24) is 5.32 Å². The highest BCUT2D eigenvalue weighted by molar-refractivity contribution is 5.96. The van der Waals surface area contributed by atoms with Crippen LogP contribution in [0.15, 0.2) is 0 Å². The van der Waals surface area contributed by atoms with Crippen molar-refractivity contribution in [3.63, 3.8) is 0 Å². The standard InChI is InChI=1S/C6H9NO4/c8-3-6(1-2-6)4(9)7-5(10)11/h8H,1-3H2,(H,7,9)(H,10,11). The van der Waals surface area contributed by atoms with Crippen LogP contribution >= 0.6 is 0 Å². The Labute approximate surface area is 63.0 Å². The summed E-state index contributed by atoms with van der Waals surface area (Å²) in [6, 6.07) is 0. The Balaban J connectivity index is 2.48. The van der Waals surface area contributed by atoms with E-state index in [1.165, 1.54) is 0 Å². The molecule has 1 aliphatic rings. The Morgan fingerprint density at radius 1 is 1.45 bits per heavy atom. The Hall–Kier alpha value is -1.10. The number of hydrogen-bond donors (Lipinski definition) is 3. The second-order valence-electron chi connectivity index (χ2n) is 2.70. The molecule has 5 heteroatoms. The van der Waals surface area contributed by atoms with Crippen LogP contribution in [-0.2, 0) is 4.79 Å². The van der Waals surface area contributed by atoms with Crippen LogP contribution < -0.4 is 5.32 Å². The van der Waals surface area contributed by atoms with Crippen LogP contribution in [0, 0.1) is 5.41 Å². The summed E-state index contributed by atoms with van der Waals surface area (Å²) in [6.45, 7) is -0.272. The highest BCUT2D eigenvalue weighted by atomic mass is 16.4. The minimum atomic E-state index is -1.37. The molecule has 0 aromatic heterocycles. The molecule has 11 heavy (non-hydrogen) atoms. The van der Waals surface area contributed by atoms with Crippen LogP contribution in [0.25, 0.3) is 0 Å². The van der Waals surface area contributed by atoms with Gasteiger partial charge in [0.2, 0.25) is 5.91 Å². The maximum absolute atomic E-state index is 10.9. The van der Waals surface area contributed by atoms with Crippen molar-refractivity contribution in [2.24, 2.45) is 5.41 Å². The molecule has 0 unspecified atom stereocenters. The van der Waals surface area contributed by atoms with E-state index in [0.717, 1.165) is 0 Å². The first kappa shape index (κ1) is 8.00. The average Bonchev–Trinajstić information content (AvgIpc) is 2.65. The van der Waals surface area contributed by atoms with Crippen molar-refractivity contribution in [2.75, 3.05) is 6.61 Å². The molecule has 1 rings (SSSR count). The zero-order chi connectivity index (χ0) is 8.48. The SMILES string of the molecule is O=C(O)NC(=O)C1(CO)CC1. The topological polar surface area (TPSA) is 86.6 Å². The minimum Gasteiger partial charge on any atom is -0.465 e. The number of aliphatic hydroxyl groups is 1. The van der Waals surface area contributed by atoms with Gasteiger partial charge in [-0.2, -0.15) is 0 Å². The number of imide groups is 1. The second kappa shape index (κ2) is 2.50. The fourth-order valence-electron chi connectivity index (χ4n) is 0.838. The Kier molecular flexibility index (Phi) is 1.82. The van der Waals surface area contributed by atoms with E-state index in [0.29, 0.717) is 12.8 Å². The zero-order valence-electron chi connectivity index (χ0n) is 5.83. The van der Waals surface area contributed by atoms with E-state index in [2.05, 4.69) is 0 Å². The molecule has 62 valence electrons. The van der Waals surface area contributed by atoms with Gasteiger partial charge in [0.1, 0.15) is 0 Å². The predicted molar refractivity (Wildman–Crippen MR) is 34.9 cm³/mol. The first-order valence-electron chi connectivity index (χ1n) is 3.26. The predicted octanol–water partition coefficient (Wildman–Crippen LogP) is -0.447. The van der Waals surface area contributed by atoms with Crippen LogP contribution in [0.2, 0.25) is 0 Å². The lowest BCUT2D eigenvalue weighted by Crippen LogP contribution is -2.37. The lowest BCUT2D eigenvalue weighted by molar-refractivity contribution is -0.126. The highest BCUT2D eigenvalue weighted by Crippen LogP contribution is 2.45. The van der Waals surface area contributed by atoms with Crippen molar-refractivity contribution in [3.8, 4) is 0 Å². The summed E-state index contributed by atoms with van der Waals surface area (Å²) in [5.41, 5.74) is -0.793. The third-order valence-corrected chi connectivity index (χ3v) is 1.86. The van der Waals surface area contributed by atoms with E-state index in [9.17, 15) is 9.59 Å². The molecule has 0 radical (unpaired) electrons. The molecule has 0 aliphatic heterocycles. The molecule has 1 fully saturated rings. The average molecular weight is 159 g/mol. The number of nitrogens with one attached hydrogen (secondary N) is 1. The van der Waals surface area contributed by atoms with Gasteiger partial charge in [0, 0.05) is 0 Å². The fourth-order valence-corrected chi connectivity index (χ4v) is 0.838. The summed E-state index contributed by atoms with van der Waals surface area (Å²) >= 11 is 0. The fraction of sp³-hybridized carbons (Fsp3) is 0.667. The van der Waals surface area contributed by atoms with Crippen molar-refractivity contribution in [2.45, 2.75) is 12.8 Å². The molecule has 0 aromatic rings. The monoisotopic (exact) mass is 159 g/mol. The number of hydrogen-bond acceptors (Lipinski definition) is 3. The van der Waals surface area contributed by atoms with Crippen LogP contribution in [0.5, 0.6) is 0 Å². The van der Waals surface area contributed by atoms with Gasteiger partial charge in [0.05, 0.1) is 12.0 Å². The van der Waals surface area contributed by atoms with E-state index < -0.39 is 17.4 Å². The van der Waals surface area contributed by atoms with E-state index in [1.807, 2.05) is 0 Å². The number of carboxylic acid groups (broad SMARTS) is 1. The molecule has 5 nitrogen and oxygen atoms in total. The zero-order valence-corrected chi connectivity index (χ0v) is 5.83. The van der Waals surface area contributed by atoms with Crippen LogP contribution in [0.4, 0.5) is 4.79 Å². The molecule has 0 heterocycles. The van der Waals surface area contributed by atoms with Gasteiger partial charge < -0.3 is 10.2 Å². The van der Waals surface area contributed by atoms with E-state index in [-0.39, 0.29) is 6.61 Å². The summed E-state index contributed by atoms with van der Waals surface area (Å²) < 4.78 is 0. The van der Waals surface area contributed by atoms with Crippen molar-refractivity contribution in [3.05, 3.63) is 0 Å². The van der Waals surface area contributed by atoms with Gasteiger partial charge in [-0.05, 0) is 12.8 Å². The maximum Gasteiger partial charge on any atom is 0.411 e. The van der Waals surface area contributed by atoms with Gasteiger partial charge in [0.25, 0.3) is 0 Å². The van der Waals surface area contributed by atoms with Crippen LogP contribution in [0.1, 0.15) is 12.8 Å².